The van der Waals surface area contributed by atoms with Crippen LogP contribution in [0.25, 0.3) is 10.6 Å². The van der Waals surface area contributed by atoms with Crippen molar-refractivity contribution < 1.29 is 4.79 Å². The highest BCUT2D eigenvalue weighted by Crippen LogP contribution is 2.32. The highest BCUT2D eigenvalue weighted by molar-refractivity contribution is 7.19. The Balaban J connectivity index is 1.47. The zero-order chi connectivity index (χ0) is 22.3. The smallest absolute Gasteiger partial charge is 0.227 e. The molecular weight excluding hydrogens is 420 g/mol. The molecule has 0 spiro atoms. The van der Waals surface area contributed by atoms with Crippen molar-refractivity contribution in [3.8, 4) is 10.6 Å². The summed E-state index contributed by atoms with van der Waals surface area (Å²) in [7, 11) is 0. The second-order valence-electron chi connectivity index (χ2n) is 7.27. The first kappa shape index (κ1) is 21.5. The zero-order valence-corrected chi connectivity index (χ0v) is 18.7. The normalized spacial score (nSPS) is 10.6. The molecule has 0 saturated heterocycles. The Morgan fingerprint density at radius 2 is 1.78 bits per heavy atom. The average molecular weight is 445 g/mol. The molecule has 0 aliphatic heterocycles. The number of hydrogen-bond acceptors (Lipinski definition) is 7. The molecule has 0 radical (unpaired) electrons. The summed E-state index contributed by atoms with van der Waals surface area (Å²) in [6, 6.07) is 19.9. The number of benzene rings is 2. The number of thiazole rings is 1. The number of nitrogens with zero attached hydrogens (tertiary/aromatic N) is 3. The third-order valence-electron chi connectivity index (χ3n) is 4.70. The van der Waals surface area contributed by atoms with E-state index in [1.54, 1.807) is 17.5 Å². The maximum Gasteiger partial charge on any atom is 0.227 e. The van der Waals surface area contributed by atoms with Gasteiger partial charge >= 0.3 is 0 Å². The number of amides is 1. The van der Waals surface area contributed by atoms with Crippen LogP contribution in [-0.4, -0.2) is 20.9 Å². The van der Waals surface area contributed by atoms with Gasteiger partial charge in [0, 0.05) is 31.9 Å². The predicted molar refractivity (Wildman–Crippen MR) is 129 cm³/mol. The van der Waals surface area contributed by atoms with Crippen LogP contribution in [0, 0.1) is 6.92 Å². The van der Waals surface area contributed by atoms with Gasteiger partial charge in [-0.25, -0.2) is 15.0 Å². The Kier molecular flexibility index (Phi) is 6.72. The van der Waals surface area contributed by atoms with Crippen LogP contribution in [0.15, 0.2) is 66.9 Å². The van der Waals surface area contributed by atoms with Gasteiger partial charge in [0.05, 0.1) is 16.3 Å². The van der Waals surface area contributed by atoms with E-state index in [0.29, 0.717) is 12.5 Å². The van der Waals surface area contributed by atoms with Crippen molar-refractivity contribution in [2.45, 2.75) is 26.9 Å². The van der Waals surface area contributed by atoms with Crippen LogP contribution < -0.4 is 16.0 Å². The molecule has 0 saturated carbocycles. The molecular formula is C24H24N6OS. The van der Waals surface area contributed by atoms with Crippen molar-refractivity contribution in [1.82, 2.24) is 20.3 Å². The number of anilines is 3. The first-order valence-corrected chi connectivity index (χ1v) is 11.1. The summed E-state index contributed by atoms with van der Waals surface area (Å²) in [4.78, 5) is 25.8. The molecule has 0 bridgehead atoms. The summed E-state index contributed by atoms with van der Waals surface area (Å²) < 4.78 is 0. The Morgan fingerprint density at radius 3 is 2.59 bits per heavy atom. The minimum Gasteiger partial charge on any atom is -0.357 e. The average Bonchev–Trinajstić information content (AvgIpc) is 3.18. The minimum absolute atomic E-state index is 0.0584. The Bertz CT molecular complexity index is 1210. The third kappa shape index (κ3) is 5.67. The molecule has 0 fully saturated rings. The van der Waals surface area contributed by atoms with E-state index in [0.717, 1.165) is 39.2 Å². The van der Waals surface area contributed by atoms with Crippen LogP contribution in [0.2, 0.25) is 0 Å². The van der Waals surface area contributed by atoms with Crippen molar-refractivity contribution in [2.75, 3.05) is 10.6 Å². The SMILES string of the molecule is CC(=O)NCc1cccc(Nc2nccc(-c3sc(NCc4ccccc4)nc3C)n2)c1. The van der Waals surface area contributed by atoms with Crippen molar-refractivity contribution in [3.63, 3.8) is 0 Å². The van der Waals surface area contributed by atoms with Crippen LogP contribution in [0.5, 0.6) is 0 Å². The highest BCUT2D eigenvalue weighted by atomic mass is 32.1. The Labute approximate surface area is 191 Å². The largest absolute Gasteiger partial charge is 0.357 e. The molecule has 0 aliphatic carbocycles. The van der Waals surface area contributed by atoms with E-state index in [9.17, 15) is 4.79 Å². The van der Waals surface area contributed by atoms with Gasteiger partial charge in [-0.3, -0.25) is 4.79 Å². The number of hydrogen-bond donors (Lipinski definition) is 3. The van der Waals surface area contributed by atoms with Crippen molar-refractivity contribution in [1.29, 1.82) is 0 Å². The first-order chi connectivity index (χ1) is 15.6. The molecule has 2 aromatic heterocycles. The highest BCUT2D eigenvalue weighted by Gasteiger charge is 2.12. The maximum absolute atomic E-state index is 11.2. The number of rotatable bonds is 8. The lowest BCUT2D eigenvalue weighted by molar-refractivity contribution is -0.119. The molecule has 162 valence electrons. The Hall–Kier alpha value is -3.78. The van der Waals surface area contributed by atoms with Gasteiger partial charge in [-0.15, -0.1) is 0 Å². The van der Waals surface area contributed by atoms with Crippen LogP contribution in [0.1, 0.15) is 23.7 Å². The summed E-state index contributed by atoms with van der Waals surface area (Å²) in [6.07, 6.45) is 1.74. The summed E-state index contributed by atoms with van der Waals surface area (Å²) >= 11 is 1.58. The first-order valence-electron chi connectivity index (χ1n) is 10.3. The standard InChI is InChI=1S/C24H24N6OS/c1-16-22(32-24(28-16)27-14-18-7-4-3-5-8-18)21-11-12-25-23(30-21)29-20-10-6-9-19(13-20)15-26-17(2)31/h3-13H,14-15H2,1-2H3,(H,26,31)(H,27,28)(H,25,29,30). The van der Waals surface area contributed by atoms with Gasteiger partial charge in [-0.1, -0.05) is 53.8 Å². The molecule has 2 heterocycles. The number of aryl methyl sites for hydroxylation is 1. The monoisotopic (exact) mass is 444 g/mol. The van der Waals surface area contributed by atoms with Gasteiger partial charge < -0.3 is 16.0 Å². The van der Waals surface area contributed by atoms with E-state index in [2.05, 4.69) is 43.0 Å². The lowest BCUT2D eigenvalue weighted by Crippen LogP contribution is -2.18. The molecule has 4 rings (SSSR count). The van der Waals surface area contributed by atoms with Crippen LogP contribution >= 0.6 is 11.3 Å². The van der Waals surface area contributed by atoms with Crippen LogP contribution in [-0.2, 0) is 17.9 Å². The predicted octanol–water partition coefficient (Wildman–Crippen LogP) is 4.90. The van der Waals surface area contributed by atoms with E-state index in [4.69, 9.17) is 0 Å². The third-order valence-corrected chi connectivity index (χ3v) is 5.83. The lowest BCUT2D eigenvalue weighted by Gasteiger charge is -2.08. The minimum atomic E-state index is -0.0584. The maximum atomic E-state index is 11.2. The van der Waals surface area contributed by atoms with Crippen molar-refractivity contribution in [3.05, 3.63) is 83.7 Å². The van der Waals surface area contributed by atoms with E-state index in [1.165, 1.54) is 12.5 Å². The molecule has 0 aliphatic rings. The van der Waals surface area contributed by atoms with Gasteiger partial charge in [-0.2, -0.15) is 0 Å². The van der Waals surface area contributed by atoms with Gasteiger partial charge in [0.25, 0.3) is 0 Å². The molecule has 7 nitrogen and oxygen atoms in total. The number of carbonyl (C=O) groups excluding carboxylic acids is 1. The number of carbonyl (C=O) groups is 1. The molecule has 8 heteroatoms. The van der Waals surface area contributed by atoms with Crippen molar-refractivity contribution >= 4 is 34.0 Å². The van der Waals surface area contributed by atoms with Crippen molar-refractivity contribution in [2.24, 2.45) is 0 Å². The van der Waals surface area contributed by atoms with Gasteiger partial charge in [0.1, 0.15) is 0 Å². The fourth-order valence-corrected chi connectivity index (χ4v) is 4.08. The molecule has 32 heavy (non-hydrogen) atoms. The zero-order valence-electron chi connectivity index (χ0n) is 17.9. The van der Waals surface area contributed by atoms with Gasteiger partial charge in [0.15, 0.2) is 5.13 Å². The summed E-state index contributed by atoms with van der Waals surface area (Å²) in [5, 5.41) is 10.3. The molecule has 3 N–H and O–H groups in total. The molecule has 0 atom stereocenters. The lowest BCUT2D eigenvalue weighted by atomic mass is 10.2. The van der Waals surface area contributed by atoms with E-state index in [-0.39, 0.29) is 5.91 Å². The summed E-state index contributed by atoms with van der Waals surface area (Å²) in [5.41, 5.74) is 4.80. The van der Waals surface area contributed by atoms with E-state index in [1.807, 2.05) is 55.5 Å². The summed E-state index contributed by atoms with van der Waals surface area (Å²) in [6.45, 7) is 4.69. The van der Waals surface area contributed by atoms with Gasteiger partial charge in [-0.05, 0) is 36.2 Å². The fraction of sp³-hybridized carbons (Fsp3) is 0.167. The summed E-state index contributed by atoms with van der Waals surface area (Å²) in [5.74, 6) is 0.447. The fourth-order valence-electron chi connectivity index (χ4n) is 3.14. The number of nitrogens with one attached hydrogen (secondary N) is 3. The Morgan fingerprint density at radius 1 is 0.969 bits per heavy atom. The topological polar surface area (TPSA) is 91.8 Å². The second-order valence-corrected chi connectivity index (χ2v) is 8.27. The van der Waals surface area contributed by atoms with Gasteiger partial charge in [0.2, 0.25) is 11.9 Å². The molecule has 2 aromatic carbocycles. The molecule has 4 aromatic rings. The van der Waals surface area contributed by atoms with Crippen LogP contribution in [0.4, 0.5) is 16.8 Å². The molecule has 1 amide bonds. The van der Waals surface area contributed by atoms with Crippen LogP contribution in [0.3, 0.4) is 0 Å². The van der Waals surface area contributed by atoms with E-state index < -0.39 is 0 Å². The van der Waals surface area contributed by atoms with E-state index >= 15 is 0 Å². The quantitative estimate of drug-likeness (QED) is 0.358. The molecule has 0 unspecified atom stereocenters. The number of aromatic nitrogens is 3. The second kappa shape index (κ2) is 10.0.